The van der Waals surface area contributed by atoms with E-state index in [4.69, 9.17) is 23.4 Å². The van der Waals surface area contributed by atoms with Crippen LogP contribution in [0.4, 0.5) is 0 Å². The van der Waals surface area contributed by atoms with Crippen LogP contribution in [0, 0.1) is 34.0 Å². The number of epoxide rings is 1. The average Bonchev–Trinajstić information content (AvgIpc) is 3.56. The van der Waals surface area contributed by atoms with Crippen LogP contribution in [0.5, 0.6) is 0 Å². The van der Waals surface area contributed by atoms with Crippen LogP contribution in [0.25, 0.3) is 0 Å². The monoisotopic (exact) mass is 646 g/mol. The van der Waals surface area contributed by atoms with Crippen molar-refractivity contribution in [2.24, 2.45) is 34.0 Å². The minimum Gasteiger partial charge on any atom is -0.469 e. The first kappa shape index (κ1) is 32.2. The maximum atomic E-state index is 14.4. The minimum atomic E-state index is -1.47. The van der Waals surface area contributed by atoms with Gasteiger partial charge in [-0.3, -0.25) is 9.59 Å². The van der Waals surface area contributed by atoms with Gasteiger partial charge in [-0.05, 0) is 57.4 Å². The fourth-order valence-electron chi connectivity index (χ4n) is 11.1. The zero-order valence-corrected chi connectivity index (χ0v) is 26.9. The molecule has 7 rings (SSSR count). The summed E-state index contributed by atoms with van der Waals surface area (Å²) in [7, 11) is 0. The Labute approximate surface area is 267 Å². The van der Waals surface area contributed by atoms with Gasteiger partial charge in [0.25, 0.3) is 0 Å². The van der Waals surface area contributed by atoms with E-state index in [1.807, 2.05) is 27.7 Å². The summed E-state index contributed by atoms with van der Waals surface area (Å²) in [4.78, 5) is 40.6. The molecule has 12 nitrogen and oxygen atoms in total. The lowest BCUT2D eigenvalue weighted by Gasteiger charge is -2.66. The van der Waals surface area contributed by atoms with Crippen LogP contribution in [0.15, 0.2) is 16.7 Å². The van der Waals surface area contributed by atoms with Crippen molar-refractivity contribution in [2.75, 3.05) is 19.8 Å². The number of aliphatic hydroxyl groups is 4. The number of esters is 2. The van der Waals surface area contributed by atoms with Crippen LogP contribution >= 0.6 is 0 Å². The molecule has 5 heterocycles. The number of ether oxygens (including phenoxy) is 4. The molecule has 2 spiro atoms. The molecule has 1 aromatic rings. The molecule has 254 valence electrons. The van der Waals surface area contributed by atoms with Crippen molar-refractivity contribution < 1.29 is 58.2 Å². The van der Waals surface area contributed by atoms with Crippen LogP contribution in [0.1, 0.15) is 83.6 Å². The summed E-state index contributed by atoms with van der Waals surface area (Å²) in [5, 5.41) is 41.8. The third-order valence-corrected chi connectivity index (χ3v) is 13.1. The first-order valence-corrected chi connectivity index (χ1v) is 16.6. The van der Waals surface area contributed by atoms with Crippen molar-refractivity contribution >= 4 is 17.7 Å². The summed E-state index contributed by atoms with van der Waals surface area (Å²) in [6.45, 7) is 7.08. The van der Waals surface area contributed by atoms with Crippen molar-refractivity contribution in [1.82, 2.24) is 0 Å². The molecule has 0 aromatic carbocycles. The van der Waals surface area contributed by atoms with E-state index in [-0.39, 0.29) is 49.6 Å². The normalized spacial score (nSPS) is 44.9. The number of aliphatic hydroxyl groups excluding tert-OH is 4. The van der Waals surface area contributed by atoms with E-state index in [9.17, 15) is 34.8 Å². The molecule has 12 heteroatoms. The number of ketones is 1. The summed E-state index contributed by atoms with van der Waals surface area (Å²) in [5.41, 5.74) is -4.62. The number of fused-ring (bicyclic) bond motifs is 1. The number of carbonyl (C=O) groups excluding carboxylic acids is 3. The van der Waals surface area contributed by atoms with Gasteiger partial charge in [-0.1, -0.05) is 20.3 Å². The number of rotatable bonds is 9. The Morgan fingerprint density at radius 1 is 1.04 bits per heavy atom. The third kappa shape index (κ3) is 3.91. The lowest BCUT2D eigenvalue weighted by atomic mass is 9.36. The number of cyclic esters (lactones) is 2. The van der Waals surface area contributed by atoms with E-state index >= 15 is 0 Å². The van der Waals surface area contributed by atoms with E-state index in [0.717, 1.165) is 0 Å². The Morgan fingerprint density at radius 2 is 1.80 bits per heavy atom. The fourth-order valence-corrected chi connectivity index (χ4v) is 11.1. The third-order valence-electron chi connectivity index (χ3n) is 13.1. The minimum absolute atomic E-state index is 0.00659. The van der Waals surface area contributed by atoms with Crippen LogP contribution in [-0.4, -0.2) is 93.6 Å². The maximum Gasteiger partial charge on any atom is 0.339 e. The standard InChI is InChI=1S/C34H46O12/c1-30(2)25-24(39)26(40)32(4)21(33(25)16-43-23(38)14-22(33)45-30)8-10-31(3)27(44-29(41)28-34(31,32)46-28)18-9-12-42-20(18)13-17(19(37)15-36)7-5-6-11-35/h9,12,17,19,21-22,25-28,35-37,40H,5-8,10-11,13-16H2,1-4H3/t17-,19+,21-,22-,25+,26+,27-,28+,31-,32-,33-,34+/m0/s1. The fraction of sp³-hybridized carbons (Fsp3) is 0.794. The molecule has 0 radical (unpaired) electrons. The topological polar surface area (TPSA) is 185 Å². The van der Waals surface area contributed by atoms with Crippen molar-refractivity contribution in [3.05, 3.63) is 23.7 Å². The zero-order chi connectivity index (χ0) is 33.0. The van der Waals surface area contributed by atoms with Gasteiger partial charge in [0.1, 0.15) is 30.2 Å². The van der Waals surface area contributed by atoms with E-state index in [1.54, 1.807) is 6.07 Å². The highest BCUT2D eigenvalue weighted by Crippen LogP contribution is 2.80. The average molecular weight is 647 g/mol. The van der Waals surface area contributed by atoms with E-state index in [1.165, 1.54) is 6.26 Å². The van der Waals surface area contributed by atoms with Crippen molar-refractivity contribution in [3.8, 4) is 0 Å². The molecular weight excluding hydrogens is 600 g/mol. The highest BCUT2D eigenvalue weighted by Gasteiger charge is 2.90. The predicted molar refractivity (Wildman–Crippen MR) is 157 cm³/mol. The van der Waals surface area contributed by atoms with E-state index < -0.39 is 76.5 Å². The SMILES string of the molecule is CC1(C)O[C@H]2CC(=O)OC[C@@]23[C@@H]1C(=O)[C@@H](O)[C@]1(C)[C@@H]3CC[C@@]2(C)[C@H](c3ccoc3C[C@H](CCCCO)[C@H](O)CO)OC(=O)[C@H]3O[C@@]312. The maximum absolute atomic E-state index is 14.4. The second-order valence-corrected chi connectivity index (χ2v) is 15.5. The molecule has 0 bridgehead atoms. The molecule has 6 aliphatic rings. The van der Waals surface area contributed by atoms with E-state index in [2.05, 4.69) is 0 Å². The predicted octanol–water partition coefficient (Wildman–Crippen LogP) is 1.78. The summed E-state index contributed by atoms with van der Waals surface area (Å²) in [5.74, 6) is -2.31. The quantitative estimate of drug-likeness (QED) is 0.173. The molecule has 4 N–H and O–H groups in total. The highest BCUT2D eigenvalue weighted by molar-refractivity contribution is 5.92. The highest BCUT2D eigenvalue weighted by atomic mass is 16.7. The van der Waals surface area contributed by atoms with Gasteiger partial charge in [0.2, 0.25) is 0 Å². The number of furan rings is 1. The van der Waals surface area contributed by atoms with Crippen molar-refractivity contribution in [2.45, 2.75) is 114 Å². The summed E-state index contributed by atoms with van der Waals surface area (Å²) in [6, 6.07) is 1.75. The number of carbonyl (C=O) groups is 3. The molecule has 4 aliphatic heterocycles. The number of hydrogen-bond acceptors (Lipinski definition) is 12. The Hall–Kier alpha value is -2.35. The lowest BCUT2D eigenvalue weighted by molar-refractivity contribution is -0.252. The summed E-state index contributed by atoms with van der Waals surface area (Å²) < 4.78 is 30.7. The molecule has 6 fully saturated rings. The van der Waals surface area contributed by atoms with E-state index in [0.29, 0.717) is 43.4 Å². The second-order valence-electron chi connectivity index (χ2n) is 15.5. The first-order chi connectivity index (χ1) is 21.7. The summed E-state index contributed by atoms with van der Waals surface area (Å²) >= 11 is 0. The number of unbranched alkanes of at least 4 members (excludes halogenated alkanes) is 1. The summed E-state index contributed by atoms with van der Waals surface area (Å²) in [6.07, 6.45) is -0.312. The van der Waals surface area contributed by atoms with Gasteiger partial charge in [0.05, 0.1) is 43.0 Å². The Morgan fingerprint density at radius 3 is 2.52 bits per heavy atom. The Balaban J connectivity index is 1.29. The van der Waals surface area contributed by atoms with Crippen LogP contribution in [-0.2, 0) is 39.8 Å². The number of hydrogen-bond donors (Lipinski definition) is 4. The van der Waals surface area contributed by atoms with Gasteiger partial charge in [-0.15, -0.1) is 0 Å². The van der Waals surface area contributed by atoms with Crippen LogP contribution in [0.3, 0.4) is 0 Å². The molecule has 1 aromatic heterocycles. The largest absolute Gasteiger partial charge is 0.469 e. The van der Waals surface area contributed by atoms with Crippen molar-refractivity contribution in [3.63, 3.8) is 0 Å². The molecule has 2 saturated carbocycles. The molecular formula is C34H46O12. The number of Topliss-reactive ketones (excluding diaryl/α,β-unsaturated/α-hetero) is 1. The van der Waals surface area contributed by atoms with Gasteiger partial charge >= 0.3 is 11.9 Å². The molecule has 46 heavy (non-hydrogen) atoms. The van der Waals surface area contributed by atoms with Gasteiger partial charge < -0.3 is 43.8 Å². The first-order valence-electron chi connectivity index (χ1n) is 16.6. The second kappa shape index (κ2) is 10.6. The molecule has 4 saturated heterocycles. The molecule has 0 amide bonds. The van der Waals surface area contributed by atoms with Gasteiger partial charge in [-0.2, -0.15) is 0 Å². The lowest BCUT2D eigenvalue weighted by Crippen LogP contribution is -2.76. The molecule has 2 aliphatic carbocycles. The smallest absolute Gasteiger partial charge is 0.339 e. The molecule has 12 atom stereocenters. The molecule has 0 unspecified atom stereocenters. The van der Waals surface area contributed by atoms with Gasteiger partial charge in [-0.25, -0.2) is 4.79 Å². The van der Waals surface area contributed by atoms with Gasteiger partial charge in [0, 0.05) is 34.8 Å². The Kier molecular flexibility index (Phi) is 7.40. The Bertz CT molecular complexity index is 1420. The zero-order valence-electron chi connectivity index (χ0n) is 26.9. The van der Waals surface area contributed by atoms with Crippen LogP contribution < -0.4 is 0 Å². The van der Waals surface area contributed by atoms with Gasteiger partial charge in [0.15, 0.2) is 11.9 Å². The van der Waals surface area contributed by atoms with Crippen LogP contribution in [0.2, 0.25) is 0 Å². The van der Waals surface area contributed by atoms with Crippen molar-refractivity contribution in [1.29, 1.82) is 0 Å².